The molecule has 0 aromatic heterocycles. The van der Waals surface area contributed by atoms with E-state index >= 15 is 0 Å². The van der Waals surface area contributed by atoms with Crippen molar-refractivity contribution in [1.29, 1.82) is 0 Å². The van der Waals surface area contributed by atoms with Gasteiger partial charge in [-0.2, -0.15) is 11.8 Å². The minimum absolute atomic E-state index is 0.846. The smallest absolute Gasteiger partial charge is 0.0110 e. The summed E-state index contributed by atoms with van der Waals surface area (Å²) in [4.78, 5) is 0. The van der Waals surface area contributed by atoms with E-state index in [1.54, 1.807) is 0 Å². The molecule has 0 fully saturated rings. The number of rotatable bonds is 5. The summed E-state index contributed by atoms with van der Waals surface area (Å²) < 4.78 is 0. The van der Waals surface area contributed by atoms with Crippen molar-refractivity contribution >= 4 is 11.8 Å². The summed E-state index contributed by atoms with van der Waals surface area (Å²) in [6, 6.07) is 0. The lowest BCUT2D eigenvalue weighted by Crippen LogP contribution is -1.83. The summed E-state index contributed by atoms with van der Waals surface area (Å²) >= 11 is 1.87. The zero-order chi connectivity index (χ0) is 7.82. The van der Waals surface area contributed by atoms with Gasteiger partial charge in [0, 0.05) is 5.75 Å². The van der Waals surface area contributed by atoms with E-state index in [0.29, 0.717) is 0 Å². The van der Waals surface area contributed by atoms with Gasteiger partial charge in [0.05, 0.1) is 0 Å². The molecule has 0 heterocycles. The molecular weight excluding hydrogens is 140 g/mol. The Bertz CT molecular complexity index is 84.7. The Labute approximate surface area is 69.1 Å². The van der Waals surface area contributed by atoms with Crippen LogP contribution in [0.5, 0.6) is 0 Å². The van der Waals surface area contributed by atoms with Crippen LogP contribution in [-0.4, -0.2) is 12.0 Å². The van der Waals surface area contributed by atoms with Gasteiger partial charge in [-0.3, -0.25) is 0 Å². The summed E-state index contributed by atoms with van der Waals surface area (Å²) in [6.45, 7) is 4.53. The topological polar surface area (TPSA) is 0 Å². The molecule has 0 nitrogen and oxygen atoms in total. The lowest BCUT2D eigenvalue weighted by atomic mass is 10.1. The Morgan fingerprint density at radius 1 is 1.30 bits per heavy atom. The first-order valence-electron chi connectivity index (χ1n) is 3.91. The molecule has 0 aromatic carbocycles. The van der Waals surface area contributed by atoms with Gasteiger partial charge < -0.3 is 0 Å². The number of hydrogen-bond donors (Lipinski definition) is 0. The molecule has 0 aliphatic heterocycles. The van der Waals surface area contributed by atoms with Crippen molar-refractivity contribution in [1.82, 2.24) is 0 Å². The van der Waals surface area contributed by atoms with Crippen LogP contribution in [0.25, 0.3) is 0 Å². The maximum atomic E-state index is 2.29. The van der Waals surface area contributed by atoms with Crippen molar-refractivity contribution < 1.29 is 0 Å². The van der Waals surface area contributed by atoms with Crippen molar-refractivity contribution in [3.8, 4) is 0 Å². The van der Waals surface area contributed by atoms with Crippen LogP contribution in [-0.2, 0) is 0 Å². The van der Waals surface area contributed by atoms with Gasteiger partial charge in [0.2, 0.25) is 0 Å². The Balaban J connectivity index is 3.02. The van der Waals surface area contributed by atoms with Gasteiger partial charge in [0.25, 0.3) is 0 Å². The van der Waals surface area contributed by atoms with E-state index in [2.05, 4.69) is 32.3 Å². The minimum atomic E-state index is 0.846. The second-order valence-corrected chi connectivity index (χ2v) is 3.81. The second-order valence-electron chi connectivity index (χ2n) is 2.90. The highest BCUT2D eigenvalue weighted by molar-refractivity contribution is 7.98. The van der Waals surface area contributed by atoms with Crippen LogP contribution in [0.1, 0.15) is 26.7 Å². The molecule has 0 aromatic rings. The van der Waals surface area contributed by atoms with Crippen LogP contribution in [0.4, 0.5) is 0 Å². The molecule has 0 spiro atoms. The Morgan fingerprint density at radius 2 is 2.00 bits per heavy atom. The highest BCUT2D eigenvalue weighted by Gasteiger charge is 1.88. The first kappa shape index (κ1) is 10.1. The van der Waals surface area contributed by atoms with E-state index in [-0.39, 0.29) is 0 Å². The van der Waals surface area contributed by atoms with Crippen LogP contribution in [0, 0.1) is 5.92 Å². The van der Waals surface area contributed by atoms with Crippen molar-refractivity contribution in [2.24, 2.45) is 5.92 Å². The standard InChI is InChI=1S/C9H18S/c1-9(2)7-5-4-6-8-10-3/h4,6,9H,5,7-8H2,1-3H3. The van der Waals surface area contributed by atoms with Gasteiger partial charge in [-0.05, 0) is 25.0 Å². The van der Waals surface area contributed by atoms with Crippen LogP contribution >= 0.6 is 11.8 Å². The first-order chi connectivity index (χ1) is 4.77. The molecule has 0 saturated heterocycles. The number of thioether (sulfide) groups is 1. The van der Waals surface area contributed by atoms with Crippen molar-refractivity contribution in [2.45, 2.75) is 26.7 Å². The fourth-order valence-electron chi connectivity index (χ4n) is 0.712. The van der Waals surface area contributed by atoms with Gasteiger partial charge in [-0.15, -0.1) is 0 Å². The molecular formula is C9H18S. The summed E-state index contributed by atoms with van der Waals surface area (Å²) in [5.74, 6) is 2.01. The molecule has 0 atom stereocenters. The third kappa shape index (κ3) is 8.09. The second kappa shape index (κ2) is 7.20. The van der Waals surface area contributed by atoms with Gasteiger partial charge in [-0.1, -0.05) is 26.0 Å². The van der Waals surface area contributed by atoms with Crippen molar-refractivity contribution in [3.63, 3.8) is 0 Å². The Morgan fingerprint density at radius 3 is 2.50 bits per heavy atom. The lowest BCUT2D eigenvalue weighted by Gasteiger charge is -1.98. The molecule has 0 saturated carbocycles. The molecule has 0 rings (SSSR count). The summed E-state index contributed by atoms with van der Waals surface area (Å²) in [6.07, 6.45) is 9.25. The van der Waals surface area contributed by atoms with Gasteiger partial charge in [0.1, 0.15) is 0 Å². The predicted molar refractivity (Wildman–Crippen MR) is 51.6 cm³/mol. The molecule has 0 bridgehead atoms. The highest BCUT2D eigenvalue weighted by Crippen LogP contribution is 2.04. The maximum absolute atomic E-state index is 2.29. The summed E-state index contributed by atoms with van der Waals surface area (Å²) in [7, 11) is 0. The molecule has 0 aliphatic carbocycles. The molecule has 60 valence electrons. The van der Waals surface area contributed by atoms with Gasteiger partial charge >= 0.3 is 0 Å². The van der Waals surface area contributed by atoms with Gasteiger partial charge in [-0.25, -0.2) is 0 Å². The molecule has 0 aliphatic rings. The molecule has 0 amide bonds. The lowest BCUT2D eigenvalue weighted by molar-refractivity contribution is 0.594. The van der Waals surface area contributed by atoms with Crippen LogP contribution in [0.3, 0.4) is 0 Å². The largest absolute Gasteiger partial charge is 0.161 e. The molecule has 0 unspecified atom stereocenters. The minimum Gasteiger partial charge on any atom is -0.161 e. The third-order valence-corrected chi connectivity index (χ3v) is 1.87. The average Bonchev–Trinajstić information content (AvgIpc) is 1.87. The van der Waals surface area contributed by atoms with E-state index in [0.717, 1.165) is 11.7 Å². The first-order valence-corrected chi connectivity index (χ1v) is 5.30. The normalized spacial score (nSPS) is 11.6. The maximum Gasteiger partial charge on any atom is 0.0110 e. The fourth-order valence-corrected chi connectivity index (χ4v) is 1.04. The highest BCUT2D eigenvalue weighted by atomic mass is 32.2. The zero-order valence-electron chi connectivity index (χ0n) is 7.26. The number of allylic oxidation sites excluding steroid dienone is 1. The monoisotopic (exact) mass is 158 g/mol. The molecule has 0 radical (unpaired) electrons. The molecule has 0 N–H and O–H groups in total. The van der Waals surface area contributed by atoms with Crippen LogP contribution in [0.15, 0.2) is 12.2 Å². The van der Waals surface area contributed by atoms with E-state index < -0.39 is 0 Å². The van der Waals surface area contributed by atoms with Crippen molar-refractivity contribution in [2.75, 3.05) is 12.0 Å². The van der Waals surface area contributed by atoms with Gasteiger partial charge in [0.15, 0.2) is 0 Å². The fraction of sp³-hybridized carbons (Fsp3) is 0.778. The van der Waals surface area contributed by atoms with E-state index in [4.69, 9.17) is 0 Å². The quantitative estimate of drug-likeness (QED) is 0.553. The summed E-state index contributed by atoms with van der Waals surface area (Å²) in [5, 5.41) is 0. The van der Waals surface area contributed by atoms with E-state index in [1.165, 1.54) is 12.8 Å². The zero-order valence-corrected chi connectivity index (χ0v) is 8.08. The van der Waals surface area contributed by atoms with E-state index in [1.807, 2.05) is 11.8 Å². The van der Waals surface area contributed by atoms with Crippen molar-refractivity contribution in [3.05, 3.63) is 12.2 Å². The molecule has 1 heteroatoms. The third-order valence-electron chi connectivity index (χ3n) is 1.34. The Kier molecular flexibility index (Phi) is 7.26. The Hall–Kier alpha value is 0.0900. The van der Waals surface area contributed by atoms with Crippen LogP contribution < -0.4 is 0 Å². The summed E-state index contributed by atoms with van der Waals surface area (Å²) in [5.41, 5.74) is 0. The average molecular weight is 158 g/mol. The molecule has 10 heavy (non-hydrogen) atoms. The van der Waals surface area contributed by atoms with E-state index in [9.17, 15) is 0 Å². The van der Waals surface area contributed by atoms with Crippen LogP contribution in [0.2, 0.25) is 0 Å². The SMILES string of the molecule is CSCC=CCCC(C)C. The predicted octanol–water partition coefficient (Wildman–Crippen LogP) is 3.34. The number of hydrogen-bond acceptors (Lipinski definition) is 1.